The first kappa shape index (κ1) is 16.3. The standard InChI is InChI=1S/C13H17F2N3OS/c1-2-3-4-7-16-13(20)18-17-12(19)10-6-5-9(14)8-11(10)15/h5-6,8H,2-4,7H2,1H3,(H,17,19)(H2,16,18,20). The summed E-state index contributed by atoms with van der Waals surface area (Å²) in [7, 11) is 0. The van der Waals surface area contributed by atoms with Crippen molar-refractivity contribution in [2.75, 3.05) is 6.54 Å². The van der Waals surface area contributed by atoms with Crippen molar-refractivity contribution in [3.8, 4) is 0 Å². The molecule has 1 rings (SSSR count). The maximum atomic E-state index is 13.3. The van der Waals surface area contributed by atoms with Crippen LogP contribution >= 0.6 is 12.2 Å². The van der Waals surface area contributed by atoms with Crippen LogP contribution in [0.15, 0.2) is 18.2 Å². The fraction of sp³-hybridized carbons (Fsp3) is 0.385. The van der Waals surface area contributed by atoms with E-state index in [-0.39, 0.29) is 10.7 Å². The van der Waals surface area contributed by atoms with Crippen LogP contribution in [0.3, 0.4) is 0 Å². The van der Waals surface area contributed by atoms with Gasteiger partial charge in [0.1, 0.15) is 11.6 Å². The Balaban J connectivity index is 2.37. The molecule has 4 nitrogen and oxygen atoms in total. The van der Waals surface area contributed by atoms with Crippen LogP contribution in [0.1, 0.15) is 36.5 Å². The summed E-state index contributed by atoms with van der Waals surface area (Å²) in [5, 5.41) is 3.15. The molecule has 0 aliphatic rings. The minimum absolute atomic E-state index is 0.247. The molecule has 0 atom stereocenters. The lowest BCUT2D eigenvalue weighted by Crippen LogP contribution is -2.47. The highest BCUT2D eigenvalue weighted by molar-refractivity contribution is 7.80. The highest BCUT2D eigenvalue weighted by Crippen LogP contribution is 2.08. The highest BCUT2D eigenvalue weighted by Gasteiger charge is 2.12. The van der Waals surface area contributed by atoms with Gasteiger partial charge in [-0.05, 0) is 30.8 Å². The molecule has 0 aromatic heterocycles. The van der Waals surface area contributed by atoms with Crippen LogP contribution in [0.2, 0.25) is 0 Å². The average molecular weight is 301 g/mol. The zero-order valence-electron chi connectivity index (χ0n) is 11.1. The van der Waals surface area contributed by atoms with E-state index < -0.39 is 17.5 Å². The van der Waals surface area contributed by atoms with Crippen LogP contribution in [-0.2, 0) is 0 Å². The smallest absolute Gasteiger partial charge is 0.272 e. The van der Waals surface area contributed by atoms with E-state index in [0.29, 0.717) is 12.6 Å². The van der Waals surface area contributed by atoms with E-state index >= 15 is 0 Å². The lowest BCUT2D eigenvalue weighted by molar-refractivity contribution is 0.0939. The van der Waals surface area contributed by atoms with Crippen LogP contribution in [0.4, 0.5) is 8.78 Å². The normalized spacial score (nSPS) is 9.95. The first-order valence-corrected chi connectivity index (χ1v) is 6.74. The summed E-state index contributed by atoms with van der Waals surface area (Å²) < 4.78 is 26.0. The van der Waals surface area contributed by atoms with Crippen molar-refractivity contribution in [2.45, 2.75) is 26.2 Å². The number of amides is 1. The van der Waals surface area contributed by atoms with E-state index in [4.69, 9.17) is 12.2 Å². The van der Waals surface area contributed by atoms with E-state index in [1.807, 2.05) is 0 Å². The number of hydrogen-bond acceptors (Lipinski definition) is 2. The molecule has 0 bridgehead atoms. The van der Waals surface area contributed by atoms with Gasteiger partial charge in [-0.1, -0.05) is 19.8 Å². The Morgan fingerprint density at radius 3 is 2.65 bits per heavy atom. The maximum Gasteiger partial charge on any atom is 0.272 e. The molecule has 1 amide bonds. The number of hydrogen-bond donors (Lipinski definition) is 3. The molecule has 0 heterocycles. The van der Waals surface area contributed by atoms with Gasteiger partial charge in [-0.15, -0.1) is 0 Å². The Morgan fingerprint density at radius 2 is 2.00 bits per heavy atom. The van der Waals surface area contributed by atoms with Gasteiger partial charge in [0.25, 0.3) is 5.91 Å². The van der Waals surface area contributed by atoms with Gasteiger partial charge in [0.2, 0.25) is 0 Å². The van der Waals surface area contributed by atoms with Gasteiger partial charge in [-0.2, -0.15) is 0 Å². The van der Waals surface area contributed by atoms with Gasteiger partial charge >= 0.3 is 0 Å². The third-order valence-electron chi connectivity index (χ3n) is 2.53. The molecule has 0 fully saturated rings. The van der Waals surface area contributed by atoms with Crippen LogP contribution in [0, 0.1) is 11.6 Å². The molecule has 0 radical (unpaired) electrons. The van der Waals surface area contributed by atoms with Gasteiger partial charge in [0.15, 0.2) is 5.11 Å². The van der Waals surface area contributed by atoms with Crippen LogP contribution in [0.25, 0.3) is 0 Å². The molecule has 0 aliphatic carbocycles. The summed E-state index contributed by atoms with van der Waals surface area (Å²) in [6, 6.07) is 2.73. The summed E-state index contributed by atoms with van der Waals surface area (Å²) in [5.41, 5.74) is 4.45. The Morgan fingerprint density at radius 1 is 1.25 bits per heavy atom. The van der Waals surface area contributed by atoms with Crippen LogP contribution in [-0.4, -0.2) is 17.6 Å². The van der Waals surface area contributed by atoms with E-state index in [9.17, 15) is 13.6 Å². The molecule has 0 saturated heterocycles. The number of carbonyl (C=O) groups is 1. The van der Waals surface area contributed by atoms with E-state index in [0.717, 1.165) is 31.4 Å². The first-order valence-electron chi connectivity index (χ1n) is 6.33. The number of carbonyl (C=O) groups excluding carboxylic acids is 1. The van der Waals surface area contributed by atoms with E-state index in [1.54, 1.807) is 0 Å². The summed E-state index contributed by atoms with van der Waals surface area (Å²) >= 11 is 4.93. The lowest BCUT2D eigenvalue weighted by Gasteiger charge is -2.11. The third-order valence-corrected chi connectivity index (χ3v) is 2.78. The van der Waals surface area contributed by atoms with Crippen molar-refractivity contribution >= 4 is 23.2 Å². The number of unbranched alkanes of at least 4 members (excludes halogenated alkanes) is 2. The zero-order valence-corrected chi connectivity index (χ0v) is 11.9. The van der Waals surface area contributed by atoms with Crippen LogP contribution in [0.5, 0.6) is 0 Å². The minimum atomic E-state index is -0.925. The molecule has 3 N–H and O–H groups in total. The Kier molecular flexibility index (Phi) is 6.86. The summed E-state index contributed by atoms with van der Waals surface area (Å²) in [5.74, 6) is -2.38. The molecule has 20 heavy (non-hydrogen) atoms. The molecule has 1 aromatic rings. The average Bonchev–Trinajstić information content (AvgIpc) is 2.41. The van der Waals surface area contributed by atoms with Gasteiger partial charge < -0.3 is 5.32 Å². The molecule has 0 saturated carbocycles. The maximum absolute atomic E-state index is 13.3. The number of halogens is 2. The lowest BCUT2D eigenvalue weighted by atomic mass is 10.2. The van der Waals surface area contributed by atoms with Crippen molar-refractivity contribution < 1.29 is 13.6 Å². The Labute approximate surface area is 121 Å². The number of nitrogens with one attached hydrogen (secondary N) is 3. The van der Waals surface area contributed by atoms with Crippen molar-refractivity contribution in [1.29, 1.82) is 0 Å². The SMILES string of the molecule is CCCCCNC(=S)NNC(=O)c1ccc(F)cc1F. The highest BCUT2D eigenvalue weighted by atomic mass is 32.1. The zero-order chi connectivity index (χ0) is 15.0. The van der Waals surface area contributed by atoms with Crippen molar-refractivity contribution in [3.05, 3.63) is 35.4 Å². The van der Waals surface area contributed by atoms with Gasteiger partial charge in [0, 0.05) is 12.6 Å². The van der Waals surface area contributed by atoms with E-state index in [2.05, 4.69) is 23.1 Å². The summed E-state index contributed by atoms with van der Waals surface area (Å²) in [6.45, 7) is 2.79. The van der Waals surface area contributed by atoms with Gasteiger partial charge in [-0.25, -0.2) is 8.78 Å². The van der Waals surface area contributed by atoms with Gasteiger partial charge in [0.05, 0.1) is 5.56 Å². The second-order valence-corrected chi connectivity index (χ2v) is 4.57. The second-order valence-electron chi connectivity index (χ2n) is 4.17. The third kappa shape index (κ3) is 5.48. The Hall–Kier alpha value is -1.76. The molecule has 7 heteroatoms. The van der Waals surface area contributed by atoms with Crippen molar-refractivity contribution in [1.82, 2.24) is 16.2 Å². The van der Waals surface area contributed by atoms with Crippen LogP contribution < -0.4 is 16.2 Å². The second kappa shape index (κ2) is 8.42. The van der Waals surface area contributed by atoms with Crippen molar-refractivity contribution in [3.63, 3.8) is 0 Å². The molecule has 110 valence electrons. The molecular weight excluding hydrogens is 284 g/mol. The summed E-state index contributed by atoms with van der Waals surface area (Å²) in [4.78, 5) is 11.6. The number of benzene rings is 1. The molecular formula is C13H17F2N3OS. The quantitative estimate of drug-likeness (QED) is 0.444. The van der Waals surface area contributed by atoms with Gasteiger partial charge in [-0.3, -0.25) is 15.6 Å². The molecule has 0 unspecified atom stereocenters. The predicted octanol–water partition coefficient (Wildman–Crippen LogP) is 2.26. The topological polar surface area (TPSA) is 53.2 Å². The minimum Gasteiger partial charge on any atom is -0.361 e. The number of rotatable bonds is 5. The largest absolute Gasteiger partial charge is 0.361 e. The predicted molar refractivity (Wildman–Crippen MR) is 77.1 cm³/mol. The monoisotopic (exact) mass is 301 g/mol. The fourth-order valence-corrected chi connectivity index (χ4v) is 1.63. The van der Waals surface area contributed by atoms with Crippen molar-refractivity contribution in [2.24, 2.45) is 0 Å². The fourth-order valence-electron chi connectivity index (χ4n) is 1.48. The molecule has 0 spiro atoms. The Bertz CT molecular complexity index is 483. The molecule has 0 aliphatic heterocycles. The first-order chi connectivity index (χ1) is 9.54. The number of thiocarbonyl (C=S) groups is 1. The van der Waals surface area contributed by atoms with E-state index in [1.165, 1.54) is 0 Å². The number of hydrazine groups is 1. The summed E-state index contributed by atoms with van der Waals surface area (Å²) in [6.07, 6.45) is 3.16. The molecule has 1 aromatic carbocycles.